The molecule has 1 amide bonds. The Labute approximate surface area is 262 Å². The summed E-state index contributed by atoms with van der Waals surface area (Å²) in [4.78, 5) is 17.3. The van der Waals surface area contributed by atoms with E-state index in [1.807, 2.05) is 57.2 Å². The second kappa shape index (κ2) is 15.8. The fourth-order valence-electron chi connectivity index (χ4n) is 5.65. The summed E-state index contributed by atoms with van der Waals surface area (Å²) >= 11 is 0. The molecule has 0 aromatic heterocycles. The Hall–Kier alpha value is -3.05. The van der Waals surface area contributed by atoms with Crippen molar-refractivity contribution in [3.05, 3.63) is 53.6 Å². The number of aliphatic hydroxyl groups is 1. The molecule has 2 aromatic carbocycles. The van der Waals surface area contributed by atoms with Crippen LogP contribution in [0, 0.1) is 0 Å². The fourth-order valence-corrected chi connectivity index (χ4v) is 5.65. The highest BCUT2D eigenvalue weighted by Gasteiger charge is 2.42. The Bertz CT molecular complexity index is 1180. The molecule has 1 saturated heterocycles. The van der Waals surface area contributed by atoms with Crippen molar-refractivity contribution in [3.63, 3.8) is 0 Å². The zero-order valence-corrected chi connectivity index (χ0v) is 27.1. The van der Waals surface area contributed by atoms with Gasteiger partial charge in [0.15, 0.2) is 0 Å². The van der Waals surface area contributed by atoms with E-state index in [2.05, 4.69) is 11.0 Å². The van der Waals surface area contributed by atoms with Crippen LogP contribution in [0.25, 0.3) is 0 Å². The highest BCUT2D eigenvalue weighted by molar-refractivity contribution is 5.68. The Morgan fingerprint density at radius 2 is 1.77 bits per heavy atom. The highest BCUT2D eigenvalue weighted by Crippen LogP contribution is 2.36. The van der Waals surface area contributed by atoms with Gasteiger partial charge < -0.3 is 43.3 Å². The molecule has 0 bridgehead atoms. The van der Waals surface area contributed by atoms with Crippen LogP contribution in [-0.2, 0) is 25.6 Å². The summed E-state index contributed by atoms with van der Waals surface area (Å²) < 4.78 is 35.4. The van der Waals surface area contributed by atoms with Crippen molar-refractivity contribution in [1.29, 1.82) is 0 Å². The van der Waals surface area contributed by atoms with Crippen molar-refractivity contribution in [1.82, 2.24) is 4.90 Å². The average Bonchev–Trinajstić information content (AvgIpc) is 2.99. The molecule has 0 spiro atoms. The molecule has 4 atom stereocenters. The van der Waals surface area contributed by atoms with Gasteiger partial charge in [0.05, 0.1) is 57.4 Å². The van der Waals surface area contributed by atoms with Crippen LogP contribution in [0.5, 0.6) is 11.5 Å². The predicted octanol–water partition coefficient (Wildman–Crippen LogP) is 5.01. The number of methoxy groups -OCH3 is 2. The van der Waals surface area contributed by atoms with Crippen LogP contribution < -0.4 is 14.4 Å². The molecule has 4 rings (SSSR count). The highest BCUT2D eigenvalue weighted by atomic mass is 16.6. The summed E-state index contributed by atoms with van der Waals surface area (Å²) in [6, 6.07) is 14.1. The monoisotopic (exact) mass is 614 g/mol. The lowest BCUT2D eigenvalue weighted by Crippen LogP contribution is -2.55. The summed E-state index contributed by atoms with van der Waals surface area (Å²) in [5.41, 5.74) is 2.47. The zero-order valence-electron chi connectivity index (χ0n) is 27.1. The second-order valence-electron chi connectivity index (χ2n) is 12.6. The third-order valence-electron chi connectivity index (χ3n) is 7.85. The first-order valence-electron chi connectivity index (χ1n) is 15.6. The minimum atomic E-state index is -0.636. The normalized spacial score (nSPS) is 20.9. The maximum atomic E-state index is 13.3. The van der Waals surface area contributed by atoms with E-state index in [1.165, 1.54) is 0 Å². The molecule has 44 heavy (non-hydrogen) atoms. The van der Waals surface area contributed by atoms with Crippen molar-refractivity contribution >= 4 is 11.8 Å². The number of piperidine rings is 1. The van der Waals surface area contributed by atoms with Gasteiger partial charge in [-0.05, 0) is 75.9 Å². The molecule has 1 N–H and O–H groups in total. The SMILES string of the molecule is COCCCN1CCOc2ccc(CO[C@H]3CN(C(=O)OC(C)(C)C)C[C@@H](OCC[C@@H](C)O)[C@@H]3c3ccc(OC)cc3)cc21. The van der Waals surface area contributed by atoms with Crippen LogP contribution in [0.3, 0.4) is 0 Å². The molecule has 10 heteroatoms. The lowest BCUT2D eigenvalue weighted by Gasteiger charge is -2.44. The number of rotatable bonds is 13. The van der Waals surface area contributed by atoms with Gasteiger partial charge >= 0.3 is 6.09 Å². The Morgan fingerprint density at radius 1 is 1.05 bits per heavy atom. The Morgan fingerprint density at radius 3 is 2.43 bits per heavy atom. The maximum Gasteiger partial charge on any atom is 0.410 e. The van der Waals surface area contributed by atoms with Crippen molar-refractivity contribution < 1.29 is 38.3 Å². The number of amides is 1. The van der Waals surface area contributed by atoms with Gasteiger partial charge in [-0.2, -0.15) is 0 Å². The number of aliphatic hydroxyl groups excluding tert-OH is 1. The molecule has 2 aliphatic rings. The molecule has 2 heterocycles. The lowest BCUT2D eigenvalue weighted by molar-refractivity contribution is -0.0985. The third-order valence-corrected chi connectivity index (χ3v) is 7.85. The van der Waals surface area contributed by atoms with Gasteiger partial charge in [0.2, 0.25) is 0 Å². The average molecular weight is 615 g/mol. The van der Waals surface area contributed by atoms with Gasteiger partial charge in [-0.3, -0.25) is 0 Å². The van der Waals surface area contributed by atoms with Gasteiger partial charge in [0.25, 0.3) is 0 Å². The molecule has 0 unspecified atom stereocenters. The van der Waals surface area contributed by atoms with E-state index in [0.717, 1.165) is 47.8 Å². The summed E-state index contributed by atoms with van der Waals surface area (Å²) in [5.74, 6) is 1.46. The summed E-state index contributed by atoms with van der Waals surface area (Å²) in [5, 5.41) is 9.89. The zero-order chi connectivity index (χ0) is 31.7. The van der Waals surface area contributed by atoms with Crippen LogP contribution in [0.15, 0.2) is 42.5 Å². The topological polar surface area (TPSA) is 99.2 Å². The van der Waals surface area contributed by atoms with E-state index in [1.54, 1.807) is 26.0 Å². The van der Waals surface area contributed by atoms with Crippen molar-refractivity contribution in [2.45, 2.75) is 77.0 Å². The molecule has 0 radical (unpaired) electrons. The van der Waals surface area contributed by atoms with E-state index in [9.17, 15) is 9.90 Å². The molecule has 10 nitrogen and oxygen atoms in total. The first-order chi connectivity index (χ1) is 21.1. The minimum Gasteiger partial charge on any atom is -0.497 e. The van der Waals surface area contributed by atoms with Gasteiger partial charge in [-0.15, -0.1) is 0 Å². The summed E-state index contributed by atoms with van der Waals surface area (Å²) in [6.45, 7) is 11.8. The first kappa shape index (κ1) is 33.8. The molecule has 0 saturated carbocycles. The predicted molar refractivity (Wildman–Crippen MR) is 169 cm³/mol. The number of benzene rings is 2. The standard InChI is InChI=1S/C34H50N2O8/c1-24(37)14-18-41-30-21-36(33(38)44-34(2,3)4)22-31(32(30)26-9-11-27(40-6)12-10-26)43-23-25-8-13-29-28(20-25)35(16-19-42-29)15-7-17-39-5/h8-13,20,24,30-32,37H,7,14-19,21-23H2,1-6H3/t24-,30-,31+,32+/m1/s1. The van der Waals surface area contributed by atoms with Gasteiger partial charge in [0.1, 0.15) is 23.7 Å². The van der Waals surface area contributed by atoms with E-state index >= 15 is 0 Å². The van der Waals surface area contributed by atoms with Gasteiger partial charge in [-0.25, -0.2) is 4.79 Å². The van der Waals surface area contributed by atoms with Crippen LogP contribution in [-0.4, -0.2) is 100 Å². The molecular formula is C34H50N2O8. The maximum absolute atomic E-state index is 13.3. The number of nitrogens with zero attached hydrogens (tertiary/aromatic N) is 2. The number of fused-ring (bicyclic) bond motifs is 1. The third kappa shape index (κ3) is 9.47. The minimum absolute atomic E-state index is 0.167. The Balaban J connectivity index is 1.60. The van der Waals surface area contributed by atoms with Crippen LogP contribution >= 0.6 is 0 Å². The first-order valence-corrected chi connectivity index (χ1v) is 15.6. The molecule has 2 aliphatic heterocycles. The number of hydrogen-bond donors (Lipinski definition) is 1. The molecule has 0 aliphatic carbocycles. The largest absolute Gasteiger partial charge is 0.497 e. The van der Waals surface area contributed by atoms with Gasteiger partial charge in [0, 0.05) is 32.8 Å². The summed E-state index contributed by atoms with van der Waals surface area (Å²) in [6.07, 6.45) is -0.232. The quantitative estimate of drug-likeness (QED) is 0.312. The van der Waals surface area contributed by atoms with Crippen LogP contribution in [0.1, 0.15) is 57.6 Å². The molecule has 2 aromatic rings. The number of anilines is 1. The smallest absolute Gasteiger partial charge is 0.410 e. The summed E-state index contributed by atoms with van der Waals surface area (Å²) in [7, 11) is 3.37. The number of carbonyl (C=O) groups excluding carboxylic acids is 1. The number of likely N-dealkylation sites (tertiary alicyclic amines) is 1. The van der Waals surface area contributed by atoms with Crippen molar-refractivity contribution in [2.24, 2.45) is 0 Å². The number of carbonyl (C=O) groups is 1. The molecule has 244 valence electrons. The van der Waals surface area contributed by atoms with Gasteiger partial charge in [-0.1, -0.05) is 18.2 Å². The molecule has 1 fully saturated rings. The molecular weight excluding hydrogens is 564 g/mol. The van der Waals surface area contributed by atoms with Crippen LogP contribution in [0.2, 0.25) is 0 Å². The van der Waals surface area contributed by atoms with E-state index in [4.69, 9.17) is 28.4 Å². The van der Waals surface area contributed by atoms with E-state index in [0.29, 0.717) is 45.9 Å². The number of hydrogen-bond acceptors (Lipinski definition) is 9. The lowest BCUT2D eigenvalue weighted by atomic mass is 9.84. The van der Waals surface area contributed by atoms with E-state index < -0.39 is 17.8 Å². The fraction of sp³-hybridized carbons (Fsp3) is 0.618. The number of ether oxygens (including phenoxy) is 6. The Kier molecular flexibility index (Phi) is 12.1. The second-order valence-corrected chi connectivity index (χ2v) is 12.6. The van der Waals surface area contributed by atoms with E-state index in [-0.39, 0.29) is 18.1 Å². The van der Waals surface area contributed by atoms with Crippen molar-refractivity contribution in [3.8, 4) is 11.5 Å². The van der Waals surface area contributed by atoms with Crippen LogP contribution in [0.4, 0.5) is 10.5 Å². The van der Waals surface area contributed by atoms with Crippen molar-refractivity contribution in [2.75, 3.05) is 65.1 Å².